The maximum Gasteiger partial charge on any atom is 0.350 e. The number of carbonyl (C=O) groups is 1. The molecule has 0 spiro atoms. The molecule has 1 heterocycles. The number of aryl methyl sites for hydroxylation is 1. The van der Waals surface area contributed by atoms with Crippen LogP contribution >= 0.6 is 11.3 Å². The Morgan fingerprint density at radius 3 is 2.61 bits per heavy atom. The number of guanidine groups is 1. The molecule has 0 aliphatic heterocycles. The quantitative estimate of drug-likeness (QED) is 0.351. The Balaban J connectivity index is 2.07. The van der Waals surface area contributed by atoms with E-state index >= 15 is 0 Å². The van der Waals surface area contributed by atoms with Gasteiger partial charge < -0.3 is 15.4 Å². The van der Waals surface area contributed by atoms with Gasteiger partial charge in [-0.3, -0.25) is 4.99 Å². The number of aromatic nitrogens is 1. The van der Waals surface area contributed by atoms with Crippen molar-refractivity contribution in [1.29, 1.82) is 0 Å². The summed E-state index contributed by atoms with van der Waals surface area (Å²) in [5.74, 6) is 0.431. The predicted molar refractivity (Wildman–Crippen MR) is 112 cm³/mol. The van der Waals surface area contributed by atoms with Crippen molar-refractivity contribution in [2.24, 2.45) is 10.4 Å². The number of nitrogens with zero attached hydrogens (tertiary/aromatic N) is 2. The standard InChI is InChI=1S/C18H30N4O4S2/c1-6-19-17(20-10-18(8-9-18)11-28(5,24)25)22-13(4)15-21-12(3)14(27-15)16(23)26-7-2/h13H,6-11H2,1-5H3,(H2,19,20,22). The van der Waals surface area contributed by atoms with Crippen LogP contribution in [0, 0.1) is 12.3 Å². The Bertz CT molecular complexity index is 829. The van der Waals surface area contributed by atoms with Crippen molar-refractivity contribution in [2.45, 2.75) is 46.6 Å². The van der Waals surface area contributed by atoms with Gasteiger partial charge in [0.25, 0.3) is 0 Å². The van der Waals surface area contributed by atoms with E-state index in [-0.39, 0.29) is 23.2 Å². The Labute approximate surface area is 171 Å². The minimum Gasteiger partial charge on any atom is -0.462 e. The summed E-state index contributed by atoms with van der Waals surface area (Å²) >= 11 is 1.31. The van der Waals surface area contributed by atoms with Gasteiger partial charge in [-0.05, 0) is 40.5 Å². The van der Waals surface area contributed by atoms with E-state index in [1.54, 1.807) is 13.8 Å². The maximum atomic E-state index is 12.0. The molecule has 1 atom stereocenters. The van der Waals surface area contributed by atoms with Crippen molar-refractivity contribution in [2.75, 3.05) is 31.7 Å². The summed E-state index contributed by atoms with van der Waals surface area (Å²) < 4.78 is 28.3. The summed E-state index contributed by atoms with van der Waals surface area (Å²) in [7, 11) is -3.02. The first kappa shape index (κ1) is 22.6. The third-order valence-electron chi connectivity index (χ3n) is 4.44. The lowest BCUT2D eigenvalue weighted by molar-refractivity contribution is 0.0531. The molecule has 0 amide bonds. The number of esters is 1. The highest BCUT2D eigenvalue weighted by atomic mass is 32.2. The van der Waals surface area contributed by atoms with E-state index < -0.39 is 9.84 Å². The summed E-state index contributed by atoms with van der Waals surface area (Å²) in [6.07, 6.45) is 3.04. The minimum atomic E-state index is -3.02. The van der Waals surface area contributed by atoms with Crippen LogP contribution in [0.3, 0.4) is 0 Å². The van der Waals surface area contributed by atoms with Crippen LogP contribution in [0.15, 0.2) is 4.99 Å². The SMILES string of the molecule is CCNC(=NCC1(CS(C)(=O)=O)CC1)NC(C)c1nc(C)c(C(=O)OCC)s1. The minimum absolute atomic E-state index is 0.158. The number of nitrogens with one attached hydrogen (secondary N) is 2. The molecule has 158 valence electrons. The first-order valence-electron chi connectivity index (χ1n) is 9.46. The summed E-state index contributed by atoms with van der Waals surface area (Å²) in [6.45, 7) is 8.96. The van der Waals surface area contributed by atoms with Gasteiger partial charge in [0.15, 0.2) is 5.96 Å². The molecule has 2 rings (SSSR count). The number of thiazole rings is 1. The molecular formula is C18H30N4O4S2. The van der Waals surface area contributed by atoms with Gasteiger partial charge in [-0.25, -0.2) is 18.2 Å². The Kier molecular flexibility index (Phi) is 7.44. The van der Waals surface area contributed by atoms with E-state index in [4.69, 9.17) is 4.74 Å². The zero-order valence-corrected chi connectivity index (χ0v) is 18.8. The van der Waals surface area contributed by atoms with Gasteiger partial charge >= 0.3 is 5.97 Å². The molecule has 0 saturated heterocycles. The molecular weight excluding hydrogens is 400 g/mol. The summed E-state index contributed by atoms with van der Waals surface area (Å²) in [4.78, 5) is 21.6. The molecule has 28 heavy (non-hydrogen) atoms. The molecule has 1 aromatic rings. The molecule has 1 fully saturated rings. The average Bonchev–Trinajstić information content (AvgIpc) is 3.22. The van der Waals surface area contributed by atoms with Gasteiger partial charge in [0.2, 0.25) is 0 Å². The molecule has 2 N–H and O–H groups in total. The van der Waals surface area contributed by atoms with Crippen molar-refractivity contribution in [3.8, 4) is 0 Å². The molecule has 1 unspecified atom stereocenters. The summed E-state index contributed by atoms with van der Waals surface area (Å²) in [5.41, 5.74) is 0.424. The van der Waals surface area contributed by atoms with Gasteiger partial charge in [0.05, 0.1) is 24.1 Å². The highest BCUT2D eigenvalue weighted by Crippen LogP contribution is 2.46. The number of sulfone groups is 1. The fourth-order valence-electron chi connectivity index (χ4n) is 2.90. The summed E-state index contributed by atoms with van der Waals surface area (Å²) in [5, 5.41) is 7.25. The van der Waals surface area contributed by atoms with Crippen LogP contribution in [0.2, 0.25) is 0 Å². The van der Waals surface area contributed by atoms with Gasteiger partial charge in [0.1, 0.15) is 19.7 Å². The van der Waals surface area contributed by atoms with Crippen LogP contribution in [0.25, 0.3) is 0 Å². The zero-order valence-electron chi connectivity index (χ0n) is 17.2. The van der Waals surface area contributed by atoms with E-state index in [2.05, 4.69) is 20.6 Å². The van der Waals surface area contributed by atoms with Crippen LogP contribution in [-0.4, -0.2) is 57.0 Å². The van der Waals surface area contributed by atoms with E-state index in [1.807, 2.05) is 13.8 Å². The fraction of sp³-hybridized carbons (Fsp3) is 0.722. The number of hydrogen-bond donors (Lipinski definition) is 2. The molecule has 10 heteroatoms. The van der Waals surface area contributed by atoms with Crippen molar-refractivity contribution in [3.05, 3.63) is 15.6 Å². The second-order valence-electron chi connectivity index (χ2n) is 7.32. The van der Waals surface area contributed by atoms with Gasteiger partial charge in [-0.2, -0.15) is 0 Å². The number of rotatable bonds is 9. The first-order valence-corrected chi connectivity index (χ1v) is 12.3. The third-order valence-corrected chi connectivity index (χ3v) is 6.90. The number of hydrogen-bond acceptors (Lipinski definition) is 7. The molecule has 0 bridgehead atoms. The monoisotopic (exact) mass is 430 g/mol. The molecule has 1 aliphatic carbocycles. The normalized spacial score (nSPS) is 17.1. The van der Waals surface area contributed by atoms with Crippen LogP contribution in [-0.2, 0) is 14.6 Å². The van der Waals surface area contributed by atoms with E-state index in [9.17, 15) is 13.2 Å². The van der Waals surface area contributed by atoms with Crippen molar-refractivity contribution in [1.82, 2.24) is 15.6 Å². The highest BCUT2D eigenvalue weighted by Gasteiger charge is 2.45. The summed E-state index contributed by atoms with van der Waals surface area (Å²) in [6, 6.07) is -0.158. The van der Waals surface area contributed by atoms with Crippen LogP contribution in [0.1, 0.15) is 60.0 Å². The lowest BCUT2D eigenvalue weighted by atomic mass is 10.1. The lowest BCUT2D eigenvalue weighted by Gasteiger charge is -2.18. The smallest absolute Gasteiger partial charge is 0.350 e. The van der Waals surface area contributed by atoms with Crippen molar-refractivity contribution >= 4 is 33.1 Å². The van der Waals surface area contributed by atoms with Gasteiger partial charge in [0, 0.05) is 24.8 Å². The molecule has 0 radical (unpaired) electrons. The number of aliphatic imine (C=N–C) groups is 1. The fourth-order valence-corrected chi connectivity index (χ4v) is 5.36. The number of carbonyl (C=O) groups excluding carboxylic acids is 1. The number of ether oxygens (including phenoxy) is 1. The van der Waals surface area contributed by atoms with Crippen molar-refractivity contribution in [3.63, 3.8) is 0 Å². The van der Waals surface area contributed by atoms with E-state index in [1.165, 1.54) is 17.6 Å². The van der Waals surface area contributed by atoms with E-state index in [0.717, 1.165) is 17.8 Å². The molecule has 1 aliphatic rings. The largest absolute Gasteiger partial charge is 0.462 e. The molecule has 8 nitrogen and oxygen atoms in total. The Morgan fingerprint density at radius 1 is 1.39 bits per heavy atom. The maximum absolute atomic E-state index is 12.0. The van der Waals surface area contributed by atoms with Gasteiger partial charge in [-0.15, -0.1) is 11.3 Å². The average molecular weight is 431 g/mol. The highest BCUT2D eigenvalue weighted by molar-refractivity contribution is 7.90. The third kappa shape index (κ3) is 6.44. The van der Waals surface area contributed by atoms with Crippen LogP contribution in [0.5, 0.6) is 0 Å². The van der Waals surface area contributed by atoms with Crippen molar-refractivity contribution < 1.29 is 17.9 Å². The molecule has 1 saturated carbocycles. The zero-order chi connectivity index (χ0) is 20.9. The predicted octanol–water partition coefficient (Wildman–Crippen LogP) is 2.07. The second kappa shape index (κ2) is 9.21. The second-order valence-corrected chi connectivity index (χ2v) is 10.5. The Morgan fingerprint density at radius 2 is 2.07 bits per heavy atom. The van der Waals surface area contributed by atoms with E-state index in [0.29, 0.717) is 36.2 Å². The van der Waals surface area contributed by atoms with Crippen LogP contribution < -0.4 is 10.6 Å². The first-order chi connectivity index (χ1) is 13.1. The topological polar surface area (TPSA) is 110 Å². The van der Waals surface area contributed by atoms with Crippen LogP contribution in [0.4, 0.5) is 0 Å². The Hall–Kier alpha value is -1.68. The molecule has 1 aromatic heterocycles. The molecule has 0 aromatic carbocycles. The lowest BCUT2D eigenvalue weighted by Crippen LogP contribution is -2.39. The van der Waals surface area contributed by atoms with Gasteiger partial charge in [-0.1, -0.05) is 0 Å².